The van der Waals surface area contributed by atoms with Crippen LogP contribution in [0.5, 0.6) is 5.75 Å². The maximum absolute atomic E-state index is 13.5. The molecule has 1 aliphatic heterocycles. The zero-order valence-corrected chi connectivity index (χ0v) is 16.1. The van der Waals surface area contributed by atoms with Crippen molar-refractivity contribution < 1.29 is 23.5 Å². The number of para-hydroxylation sites is 1. The van der Waals surface area contributed by atoms with Gasteiger partial charge in [-0.25, -0.2) is 9.82 Å². The Morgan fingerprint density at radius 2 is 1.73 bits per heavy atom. The molecular formula is C21H21FN4O4. The summed E-state index contributed by atoms with van der Waals surface area (Å²) in [6, 6.07) is 12.2. The Kier molecular flexibility index (Phi) is 7.09. The normalized spacial score (nSPS) is 13.3. The molecule has 0 spiro atoms. The average molecular weight is 412 g/mol. The molecule has 2 aromatic rings. The molecule has 0 atom stereocenters. The number of benzene rings is 2. The summed E-state index contributed by atoms with van der Waals surface area (Å²) in [5.74, 6) is -2.22. The van der Waals surface area contributed by atoms with Crippen LogP contribution in [0.1, 0.15) is 18.4 Å². The molecule has 0 saturated carbocycles. The second kappa shape index (κ2) is 10.1. The number of carbonyl (C=O) groups is 3. The van der Waals surface area contributed by atoms with Gasteiger partial charge in [-0.2, -0.15) is 5.10 Å². The number of rotatable bonds is 6. The zero-order valence-electron chi connectivity index (χ0n) is 16.1. The molecule has 1 aliphatic rings. The molecule has 0 unspecified atom stereocenters. The molecule has 3 amide bonds. The maximum Gasteiger partial charge on any atom is 0.329 e. The van der Waals surface area contributed by atoms with E-state index in [1.54, 1.807) is 29.2 Å². The monoisotopic (exact) mass is 412 g/mol. The molecular weight excluding hydrogens is 391 g/mol. The third kappa shape index (κ3) is 5.87. The van der Waals surface area contributed by atoms with Gasteiger partial charge in [-0.1, -0.05) is 12.1 Å². The molecule has 0 radical (unpaired) electrons. The van der Waals surface area contributed by atoms with Gasteiger partial charge in [0.1, 0.15) is 11.6 Å². The van der Waals surface area contributed by atoms with Crippen molar-refractivity contribution >= 4 is 29.6 Å². The van der Waals surface area contributed by atoms with Gasteiger partial charge in [0.15, 0.2) is 6.61 Å². The van der Waals surface area contributed by atoms with Gasteiger partial charge in [0.25, 0.3) is 5.91 Å². The highest BCUT2D eigenvalue weighted by Gasteiger charge is 2.18. The predicted molar refractivity (Wildman–Crippen MR) is 109 cm³/mol. The van der Waals surface area contributed by atoms with Crippen LogP contribution >= 0.6 is 0 Å². The van der Waals surface area contributed by atoms with E-state index in [2.05, 4.69) is 15.8 Å². The van der Waals surface area contributed by atoms with Crippen molar-refractivity contribution in [3.05, 3.63) is 59.9 Å². The van der Waals surface area contributed by atoms with Crippen LogP contribution in [0.15, 0.2) is 53.6 Å². The standard InChI is InChI=1S/C21H21FN4O4/c22-17-5-1-2-6-18(17)24-20(28)21(29)25-23-13-15-7-9-16(10-8-15)30-14-19(27)26-11-3-4-12-26/h1-2,5-10,13H,3-4,11-12,14H2,(H,24,28)(H,25,29). The first-order valence-electron chi connectivity index (χ1n) is 9.42. The third-order valence-electron chi connectivity index (χ3n) is 4.41. The molecule has 3 rings (SSSR count). The van der Waals surface area contributed by atoms with Gasteiger partial charge < -0.3 is 15.0 Å². The maximum atomic E-state index is 13.5. The van der Waals surface area contributed by atoms with E-state index in [4.69, 9.17) is 4.74 Å². The highest BCUT2D eigenvalue weighted by atomic mass is 19.1. The fourth-order valence-corrected chi connectivity index (χ4v) is 2.81. The van der Waals surface area contributed by atoms with E-state index >= 15 is 0 Å². The van der Waals surface area contributed by atoms with Crippen molar-refractivity contribution in [3.63, 3.8) is 0 Å². The zero-order chi connectivity index (χ0) is 21.3. The molecule has 1 fully saturated rings. The molecule has 8 nitrogen and oxygen atoms in total. The Bertz CT molecular complexity index is 940. The fourth-order valence-electron chi connectivity index (χ4n) is 2.81. The lowest BCUT2D eigenvalue weighted by Gasteiger charge is -2.15. The molecule has 2 aromatic carbocycles. The topological polar surface area (TPSA) is 100 Å². The van der Waals surface area contributed by atoms with Crippen LogP contribution in [0, 0.1) is 5.82 Å². The summed E-state index contributed by atoms with van der Waals surface area (Å²) in [7, 11) is 0. The Morgan fingerprint density at radius 1 is 1.03 bits per heavy atom. The van der Waals surface area contributed by atoms with Gasteiger partial charge in [0.2, 0.25) is 0 Å². The highest BCUT2D eigenvalue weighted by molar-refractivity contribution is 6.39. The molecule has 2 N–H and O–H groups in total. The van der Waals surface area contributed by atoms with E-state index < -0.39 is 17.6 Å². The SMILES string of the molecule is O=C(NN=Cc1ccc(OCC(=O)N2CCCC2)cc1)C(=O)Nc1ccccc1F. The second-order valence-corrected chi connectivity index (χ2v) is 6.58. The third-order valence-corrected chi connectivity index (χ3v) is 4.41. The Hall–Kier alpha value is -3.75. The van der Waals surface area contributed by atoms with E-state index in [0.717, 1.165) is 25.9 Å². The minimum Gasteiger partial charge on any atom is -0.484 e. The number of ether oxygens (including phenoxy) is 1. The van der Waals surface area contributed by atoms with E-state index in [0.29, 0.717) is 11.3 Å². The van der Waals surface area contributed by atoms with Gasteiger partial charge in [-0.05, 0) is 54.8 Å². The molecule has 9 heteroatoms. The van der Waals surface area contributed by atoms with Crippen molar-refractivity contribution in [1.82, 2.24) is 10.3 Å². The average Bonchev–Trinajstić information content (AvgIpc) is 3.29. The minimum absolute atomic E-state index is 0.0133. The summed E-state index contributed by atoms with van der Waals surface area (Å²) in [4.78, 5) is 37.3. The van der Waals surface area contributed by atoms with Gasteiger partial charge in [-0.15, -0.1) is 0 Å². The fraction of sp³-hybridized carbons (Fsp3) is 0.238. The number of carbonyl (C=O) groups excluding carboxylic acids is 3. The summed E-state index contributed by atoms with van der Waals surface area (Å²) in [5, 5.41) is 5.86. The Labute approximate surface area is 172 Å². The first-order chi connectivity index (χ1) is 14.5. The van der Waals surface area contributed by atoms with Crippen LogP contribution in [-0.2, 0) is 14.4 Å². The van der Waals surface area contributed by atoms with Crippen LogP contribution in [0.3, 0.4) is 0 Å². The lowest BCUT2D eigenvalue weighted by atomic mass is 10.2. The number of hydrogen-bond donors (Lipinski definition) is 2. The van der Waals surface area contributed by atoms with Crippen LogP contribution in [0.2, 0.25) is 0 Å². The number of hydrogen-bond acceptors (Lipinski definition) is 5. The van der Waals surface area contributed by atoms with Crippen LogP contribution < -0.4 is 15.5 Å². The van der Waals surface area contributed by atoms with Gasteiger partial charge in [0, 0.05) is 13.1 Å². The lowest BCUT2D eigenvalue weighted by Crippen LogP contribution is -2.32. The number of hydrazone groups is 1. The minimum atomic E-state index is -1.04. The van der Waals surface area contributed by atoms with Crippen molar-refractivity contribution in [2.45, 2.75) is 12.8 Å². The molecule has 0 aromatic heterocycles. The summed E-state index contributed by atoms with van der Waals surface area (Å²) < 4.78 is 19.0. The smallest absolute Gasteiger partial charge is 0.329 e. The van der Waals surface area contributed by atoms with E-state index in [1.807, 2.05) is 0 Å². The largest absolute Gasteiger partial charge is 0.484 e. The number of nitrogens with one attached hydrogen (secondary N) is 2. The van der Waals surface area contributed by atoms with Gasteiger partial charge in [-0.3, -0.25) is 14.4 Å². The van der Waals surface area contributed by atoms with E-state index in [9.17, 15) is 18.8 Å². The van der Waals surface area contributed by atoms with Crippen molar-refractivity contribution in [3.8, 4) is 5.75 Å². The molecule has 0 bridgehead atoms. The first-order valence-corrected chi connectivity index (χ1v) is 9.42. The van der Waals surface area contributed by atoms with E-state index in [-0.39, 0.29) is 18.2 Å². The quantitative estimate of drug-likeness (QED) is 0.430. The summed E-state index contributed by atoms with van der Waals surface area (Å²) >= 11 is 0. The molecule has 0 aliphatic carbocycles. The molecule has 156 valence electrons. The summed E-state index contributed by atoms with van der Waals surface area (Å²) in [5.41, 5.74) is 2.62. The summed E-state index contributed by atoms with van der Waals surface area (Å²) in [6.07, 6.45) is 3.40. The Morgan fingerprint density at radius 3 is 2.43 bits per heavy atom. The van der Waals surface area contributed by atoms with E-state index in [1.165, 1.54) is 30.5 Å². The first kappa shape index (κ1) is 21.0. The van der Waals surface area contributed by atoms with Crippen molar-refractivity contribution in [2.24, 2.45) is 5.10 Å². The number of nitrogens with zero attached hydrogens (tertiary/aromatic N) is 2. The van der Waals surface area contributed by atoms with Crippen molar-refractivity contribution in [1.29, 1.82) is 0 Å². The summed E-state index contributed by atoms with van der Waals surface area (Å²) in [6.45, 7) is 1.55. The number of anilines is 1. The van der Waals surface area contributed by atoms with Gasteiger partial charge >= 0.3 is 11.8 Å². The highest BCUT2D eigenvalue weighted by Crippen LogP contribution is 2.13. The number of amides is 3. The second-order valence-electron chi connectivity index (χ2n) is 6.58. The van der Waals surface area contributed by atoms with Crippen LogP contribution in [-0.4, -0.2) is 48.5 Å². The number of likely N-dealkylation sites (tertiary alicyclic amines) is 1. The van der Waals surface area contributed by atoms with Crippen LogP contribution in [0.25, 0.3) is 0 Å². The van der Waals surface area contributed by atoms with Gasteiger partial charge in [0.05, 0.1) is 11.9 Å². The van der Waals surface area contributed by atoms with Crippen LogP contribution in [0.4, 0.5) is 10.1 Å². The molecule has 30 heavy (non-hydrogen) atoms. The predicted octanol–water partition coefficient (Wildman–Crippen LogP) is 1.92. The molecule has 1 heterocycles. The lowest BCUT2D eigenvalue weighted by molar-refractivity contribution is -0.136. The Balaban J connectivity index is 1.44. The van der Waals surface area contributed by atoms with Crippen molar-refractivity contribution in [2.75, 3.05) is 25.0 Å². The number of halogens is 1. The molecule has 1 saturated heterocycles.